The third-order valence-corrected chi connectivity index (χ3v) is 5.12. The second-order valence-electron chi connectivity index (χ2n) is 6.78. The van der Waals surface area contributed by atoms with Crippen LogP contribution in [0.15, 0.2) is 34.9 Å². The van der Waals surface area contributed by atoms with Gasteiger partial charge in [0.1, 0.15) is 5.76 Å². The average molecular weight is 324 g/mol. The quantitative estimate of drug-likeness (QED) is 0.903. The Bertz CT molecular complexity index is 750. The molecule has 1 aliphatic heterocycles. The first kappa shape index (κ1) is 15.3. The maximum absolute atomic E-state index is 12.2. The molecule has 1 N–H and O–H groups in total. The first-order valence-corrected chi connectivity index (χ1v) is 9.02. The molecule has 1 aromatic carbocycles. The minimum atomic E-state index is 0.250. The molecule has 24 heavy (non-hydrogen) atoms. The van der Waals surface area contributed by atoms with Gasteiger partial charge in [0.05, 0.1) is 12.3 Å². The van der Waals surface area contributed by atoms with Crippen molar-refractivity contribution >= 4 is 17.3 Å². The number of benzene rings is 1. The summed E-state index contributed by atoms with van der Waals surface area (Å²) < 4.78 is 5.58. The van der Waals surface area contributed by atoms with Crippen LogP contribution in [0.2, 0.25) is 0 Å². The van der Waals surface area contributed by atoms with Gasteiger partial charge in [0.2, 0.25) is 5.91 Å². The molecule has 0 saturated carbocycles. The summed E-state index contributed by atoms with van der Waals surface area (Å²) in [5.74, 6) is 1.37. The number of nitrogens with one attached hydrogen (secondary N) is 1. The summed E-state index contributed by atoms with van der Waals surface area (Å²) in [6, 6.07) is 8.84. The lowest BCUT2D eigenvalue weighted by molar-refractivity contribution is -0.118. The van der Waals surface area contributed by atoms with E-state index < -0.39 is 0 Å². The van der Waals surface area contributed by atoms with Gasteiger partial charge in [0, 0.05) is 36.3 Å². The zero-order valence-electron chi connectivity index (χ0n) is 14.2. The number of anilines is 2. The fraction of sp³-hybridized carbons (Fsp3) is 0.450. The second-order valence-corrected chi connectivity index (χ2v) is 6.78. The van der Waals surface area contributed by atoms with Crippen molar-refractivity contribution in [2.45, 2.75) is 51.5 Å². The first-order valence-electron chi connectivity index (χ1n) is 9.02. The Hall–Kier alpha value is -2.23. The van der Waals surface area contributed by atoms with Crippen molar-refractivity contribution in [3.63, 3.8) is 0 Å². The first-order chi connectivity index (χ1) is 11.8. The summed E-state index contributed by atoms with van der Waals surface area (Å²) in [7, 11) is 0. The summed E-state index contributed by atoms with van der Waals surface area (Å²) in [5.41, 5.74) is 4.79. The van der Waals surface area contributed by atoms with Crippen LogP contribution in [0.5, 0.6) is 0 Å². The molecule has 0 fully saturated rings. The lowest BCUT2D eigenvalue weighted by Crippen LogP contribution is -2.35. The normalized spacial score (nSPS) is 19.8. The van der Waals surface area contributed by atoms with E-state index in [2.05, 4.69) is 36.5 Å². The Labute approximate surface area is 142 Å². The van der Waals surface area contributed by atoms with Crippen LogP contribution in [0.3, 0.4) is 0 Å². The molecule has 4 nitrogen and oxygen atoms in total. The van der Waals surface area contributed by atoms with E-state index in [4.69, 9.17) is 4.42 Å². The highest BCUT2D eigenvalue weighted by atomic mass is 16.3. The molecular formula is C20H24N2O2. The molecule has 1 aliphatic carbocycles. The number of hydrogen-bond acceptors (Lipinski definition) is 3. The van der Waals surface area contributed by atoms with Gasteiger partial charge in [-0.25, -0.2) is 0 Å². The van der Waals surface area contributed by atoms with Gasteiger partial charge in [0.25, 0.3) is 0 Å². The van der Waals surface area contributed by atoms with Gasteiger partial charge in [-0.2, -0.15) is 0 Å². The highest BCUT2D eigenvalue weighted by molar-refractivity contribution is 5.96. The van der Waals surface area contributed by atoms with Gasteiger partial charge in [-0.05, 0) is 55.5 Å². The number of carbonyl (C=O) groups excluding carboxylic acids is 1. The number of amides is 1. The van der Waals surface area contributed by atoms with Crippen LogP contribution in [0.4, 0.5) is 11.4 Å². The Morgan fingerprint density at radius 3 is 3.04 bits per heavy atom. The third kappa shape index (κ3) is 2.70. The van der Waals surface area contributed by atoms with E-state index in [0.29, 0.717) is 12.5 Å². The van der Waals surface area contributed by atoms with Gasteiger partial charge >= 0.3 is 0 Å². The third-order valence-electron chi connectivity index (χ3n) is 5.12. The zero-order chi connectivity index (χ0) is 16.5. The minimum absolute atomic E-state index is 0.250. The van der Waals surface area contributed by atoms with Crippen LogP contribution in [0.1, 0.15) is 55.5 Å². The number of rotatable bonds is 4. The number of hydrogen-bond donors (Lipinski definition) is 1. The zero-order valence-corrected chi connectivity index (χ0v) is 14.2. The molecule has 1 unspecified atom stereocenters. The number of nitrogens with zero attached hydrogens (tertiary/aromatic N) is 1. The van der Waals surface area contributed by atoms with E-state index in [9.17, 15) is 4.79 Å². The lowest BCUT2D eigenvalue weighted by atomic mass is 9.93. The molecule has 2 aliphatic rings. The van der Waals surface area contributed by atoms with Crippen molar-refractivity contribution in [3.8, 4) is 0 Å². The largest absolute Gasteiger partial charge is 0.469 e. The van der Waals surface area contributed by atoms with E-state index in [1.165, 1.54) is 11.1 Å². The number of carbonyl (C=O) groups is 1. The topological polar surface area (TPSA) is 45.5 Å². The fourth-order valence-corrected chi connectivity index (χ4v) is 3.96. The van der Waals surface area contributed by atoms with Crippen molar-refractivity contribution in [2.75, 3.05) is 16.8 Å². The molecule has 4 rings (SSSR count). The summed E-state index contributed by atoms with van der Waals surface area (Å²) in [6.45, 7) is 2.92. The summed E-state index contributed by atoms with van der Waals surface area (Å²) in [4.78, 5) is 14.1. The van der Waals surface area contributed by atoms with Crippen molar-refractivity contribution in [2.24, 2.45) is 0 Å². The summed E-state index contributed by atoms with van der Waals surface area (Å²) in [6.07, 6.45) is 7.56. The molecule has 1 amide bonds. The molecule has 1 aromatic heterocycles. The maximum atomic E-state index is 12.2. The van der Waals surface area contributed by atoms with E-state index in [0.717, 1.165) is 55.8 Å². The molecular weight excluding hydrogens is 300 g/mol. The molecule has 1 atom stereocenters. The Balaban J connectivity index is 1.58. The van der Waals surface area contributed by atoms with Crippen molar-refractivity contribution < 1.29 is 9.21 Å². The highest BCUT2D eigenvalue weighted by Crippen LogP contribution is 2.35. The second kappa shape index (κ2) is 6.34. The maximum Gasteiger partial charge on any atom is 0.227 e. The lowest BCUT2D eigenvalue weighted by Gasteiger charge is -2.30. The monoisotopic (exact) mass is 324 g/mol. The minimum Gasteiger partial charge on any atom is -0.469 e. The highest BCUT2D eigenvalue weighted by Gasteiger charge is 2.25. The van der Waals surface area contributed by atoms with Crippen molar-refractivity contribution in [3.05, 3.63) is 47.4 Å². The van der Waals surface area contributed by atoms with Gasteiger partial charge < -0.3 is 14.6 Å². The molecule has 2 heterocycles. The van der Waals surface area contributed by atoms with Crippen LogP contribution >= 0.6 is 0 Å². The van der Waals surface area contributed by atoms with E-state index in [1.54, 1.807) is 6.26 Å². The van der Waals surface area contributed by atoms with Crippen molar-refractivity contribution in [1.29, 1.82) is 0 Å². The standard InChI is InChI=1S/C20H24N2O2/c1-2-11-22-18-8-7-15(13-14(18)6-9-20(22)23)21-17-4-3-5-19-16(17)10-12-24-19/h7-8,10,12-13,17,21H,2-6,9,11H2,1H3. The van der Waals surface area contributed by atoms with Gasteiger partial charge in [-0.15, -0.1) is 0 Å². The predicted molar refractivity (Wildman–Crippen MR) is 95.4 cm³/mol. The molecule has 0 saturated heterocycles. The van der Waals surface area contributed by atoms with E-state index in [-0.39, 0.29) is 5.91 Å². The predicted octanol–water partition coefficient (Wildman–Crippen LogP) is 4.46. The number of fused-ring (bicyclic) bond motifs is 2. The van der Waals surface area contributed by atoms with Gasteiger partial charge in [-0.3, -0.25) is 4.79 Å². The smallest absolute Gasteiger partial charge is 0.227 e. The van der Waals surface area contributed by atoms with Crippen LogP contribution < -0.4 is 10.2 Å². The van der Waals surface area contributed by atoms with Gasteiger partial charge in [-0.1, -0.05) is 6.92 Å². The number of aryl methyl sites for hydroxylation is 2. The average Bonchev–Trinajstić information content (AvgIpc) is 3.07. The van der Waals surface area contributed by atoms with Gasteiger partial charge in [0.15, 0.2) is 0 Å². The Morgan fingerprint density at radius 1 is 1.25 bits per heavy atom. The van der Waals surface area contributed by atoms with E-state index in [1.807, 2.05) is 4.90 Å². The van der Waals surface area contributed by atoms with Crippen LogP contribution in [-0.4, -0.2) is 12.5 Å². The van der Waals surface area contributed by atoms with E-state index >= 15 is 0 Å². The molecule has 4 heteroatoms. The number of furan rings is 1. The van der Waals surface area contributed by atoms with Crippen LogP contribution in [0.25, 0.3) is 0 Å². The summed E-state index contributed by atoms with van der Waals surface area (Å²) in [5, 5.41) is 3.67. The van der Waals surface area contributed by atoms with Crippen LogP contribution in [0, 0.1) is 0 Å². The molecule has 0 bridgehead atoms. The fourth-order valence-electron chi connectivity index (χ4n) is 3.96. The molecule has 2 aromatic rings. The molecule has 0 spiro atoms. The Morgan fingerprint density at radius 2 is 2.17 bits per heavy atom. The molecule has 126 valence electrons. The van der Waals surface area contributed by atoms with Crippen molar-refractivity contribution in [1.82, 2.24) is 0 Å². The summed E-state index contributed by atoms with van der Waals surface area (Å²) >= 11 is 0. The molecule has 0 radical (unpaired) electrons. The van der Waals surface area contributed by atoms with Crippen LogP contribution in [-0.2, 0) is 17.6 Å². The Kier molecular flexibility index (Phi) is 4.05. The SMILES string of the molecule is CCCN1C(=O)CCc2cc(NC3CCCc4occc43)ccc21.